The van der Waals surface area contributed by atoms with Gasteiger partial charge in [0.2, 0.25) is 5.91 Å². The van der Waals surface area contributed by atoms with E-state index >= 15 is 0 Å². The van der Waals surface area contributed by atoms with Crippen LogP contribution in [0.1, 0.15) is 60.8 Å². The molecule has 2 saturated carbocycles. The van der Waals surface area contributed by atoms with Crippen LogP contribution in [-0.2, 0) is 14.4 Å². The minimum absolute atomic E-state index is 0.0233. The van der Waals surface area contributed by atoms with Crippen molar-refractivity contribution in [3.05, 3.63) is 89.4 Å². The van der Waals surface area contributed by atoms with Crippen LogP contribution >= 0.6 is 0 Å². The number of rotatable bonds is 5. The molecule has 220 valence electrons. The van der Waals surface area contributed by atoms with Gasteiger partial charge in [-0.2, -0.15) is 0 Å². The van der Waals surface area contributed by atoms with Crippen molar-refractivity contribution in [3.8, 4) is 0 Å². The number of quaternary nitrogens is 1. The SMILES string of the molecule is Cc1ccc(N2C(=O)CCC2C(=O)N(c2cccc(F)c2)C2C(=O)[N+]3(C4CC(F)(F)C4)C4CC(c5ccccc52)C43)nc1. The number of fused-ring (bicyclic) bond motifs is 3. The van der Waals surface area contributed by atoms with Crippen molar-refractivity contribution in [1.29, 1.82) is 0 Å². The molecule has 6 unspecified atom stereocenters. The lowest BCUT2D eigenvalue weighted by atomic mass is 9.77. The standard InChI is InChI=1S/C33H30F3N4O3/c1-18-9-11-27(37-17-18)39-25(10-12-28(39)41)31(42)38(20-6-4-5-19(34)13-20)29-23-8-3-2-7-22(23)24-14-26-30(24)40(26,32(29)43)21-15-33(35,36)16-21/h2-9,11,13,17,21,24-26,29-30H,10,12,14-16H2,1H3/q+1. The average Bonchev–Trinajstić information content (AvgIpc) is 3.29. The summed E-state index contributed by atoms with van der Waals surface area (Å²) in [6.45, 7) is 1.87. The van der Waals surface area contributed by atoms with Crippen LogP contribution in [0.5, 0.6) is 0 Å². The Balaban J connectivity index is 1.28. The summed E-state index contributed by atoms with van der Waals surface area (Å²) in [5.74, 6) is -4.15. The first-order valence-corrected chi connectivity index (χ1v) is 14.8. The maximum atomic E-state index is 15.0. The molecule has 8 rings (SSSR count). The molecule has 4 heterocycles. The number of benzene rings is 2. The Hall–Kier alpha value is -4.05. The zero-order valence-corrected chi connectivity index (χ0v) is 23.5. The third-order valence-electron chi connectivity index (χ3n) is 10.5. The molecule has 3 aliphatic heterocycles. The largest absolute Gasteiger partial charge is 0.342 e. The first-order valence-electron chi connectivity index (χ1n) is 14.8. The van der Waals surface area contributed by atoms with Crippen LogP contribution in [0.3, 0.4) is 0 Å². The first kappa shape index (κ1) is 26.6. The zero-order valence-electron chi connectivity index (χ0n) is 23.5. The van der Waals surface area contributed by atoms with Crippen molar-refractivity contribution in [2.75, 3.05) is 9.80 Å². The maximum absolute atomic E-state index is 15.0. The Morgan fingerprint density at radius 2 is 1.81 bits per heavy atom. The number of hydrogen-bond donors (Lipinski definition) is 0. The second kappa shape index (κ2) is 8.98. The van der Waals surface area contributed by atoms with E-state index in [1.54, 1.807) is 30.5 Å². The van der Waals surface area contributed by atoms with Crippen LogP contribution < -0.4 is 9.80 Å². The molecular weight excluding hydrogens is 557 g/mol. The van der Waals surface area contributed by atoms with Gasteiger partial charge in [0.05, 0.1) is 12.8 Å². The normalized spacial score (nSPS) is 31.8. The van der Waals surface area contributed by atoms with Crippen LogP contribution in [0.2, 0.25) is 0 Å². The van der Waals surface area contributed by atoms with Crippen molar-refractivity contribution in [2.45, 2.75) is 81.1 Å². The van der Waals surface area contributed by atoms with Crippen molar-refractivity contribution in [1.82, 2.24) is 4.98 Å². The summed E-state index contributed by atoms with van der Waals surface area (Å²) < 4.78 is 43.2. The van der Waals surface area contributed by atoms with E-state index in [0.717, 1.165) is 17.5 Å². The number of hydrogen-bond acceptors (Lipinski definition) is 4. The first-order chi connectivity index (χ1) is 20.6. The van der Waals surface area contributed by atoms with E-state index < -0.39 is 35.8 Å². The summed E-state index contributed by atoms with van der Waals surface area (Å²) in [4.78, 5) is 50.0. The van der Waals surface area contributed by atoms with Crippen molar-refractivity contribution < 1.29 is 32.0 Å². The van der Waals surface area contributed by atoms with Gasteiger partial charge in [-0.25, -0.2) is 27.4 Å². The number of pyridine rings is 1. The molecule has 1 aromatic heterocycles. The monoisotopic (exact) mass is 587 g/mol. The molecule has 2 aliphatic carbocycles. The van der Waals surface area contributed by atoms with Gasteiger partial charge in [-0.3, -0.25) is 19.4 Å². The number of carbonyl (C=O) groups is 3. The van der Waals surface area contributed by atoms with Crippen LogP contribution in [-0.4, -0.2) is 57.3 Å². The lowest BCUT2D eigenvalue weighted by molar-refractivity contribution is -0.784. The van der Waals surface area contributed by atoms with E-state index in [-0.39, 0.29) is 65.7 Å². The van der Waals surface area contributed by atoms with E-state index in [0.29, 0.717) is 11.4 Å². The molecule has 43 heavy (non-hydrogen) atoms. The minimum Gasteiger partial charge on any atom is -0.290 e. The van der Waals surface area contributed by atoms with Gasteiger partial charge in [0.15, 0.2) is 18.1 Å². The third kappa shape index (κ3) is 3.65. The summed E-state index contributed by atoms with van der Waals surface area (Å²) in [5, 5.41) is 0. The number of aryl methyl sites for hydroxylation is 1. The average molecular weight is 588 g/mol. The molecular formula is C33H30F3N4O3+. The van der Waals surface area contributed by atoms with Gasteiger partial charge in [-0.15, -0.1) is 0 Å². The van der Waals surface area contributed by atoms with Gasteiger partial charge >= 0.3 is 5.91 Å². The molecule has 0 bridgehead atoms. The summed E-state index contributed by atoms with van der Waals surface area (Å²) in [6, 6.07) is 13.7. The highest BCUT2D eigenvalue weighted by Gasteiger charge is 2.87. The maximum Gasteiger partial charge on any atom is 0.342 e. The van der Waals surface area contributed by atoms with Gasteiger partial charge in [0.25, 0.3) is 11.8 Å². The van der Waals surface area contributed by atoms with Crippen LogP contribution in [0, 0.1) is 12.7 Å². The van der Waals surface area contributed by atoms with Crippen molar-refractivity contribution in [2.24, 2.45) is 0 Å². The fraction of sp³-hybridized carbons (Fsp3) is 0.394. The smallest absolute Gasteiger partial charge is 0.290 e. The van der Waals surface area contributed by atoms with E-state index in [1.807, 2.05) is 25.1 Å². The molecule has 3 aromatic rings. The molecule has 5 aliphatic rings. The molecule has 3 amide bonds. The quantitative estimate of drug-likeness (QED) is 0.304. The number of alkyl halides is 2. The van der Waals surface area contributed by atoms with Gasteiger partial charge in [-0.1, -0.05) is 36.4 Å². The lowest BCUT2D eigenvalue weighted by Gasteiger charge is -2.42. The van der Waals surface area contributed by atoms with Crippen LogP contribution in [0.4, 0.5) is 24.7 Å². The van der Waals surface area contributed by atoms with Gasteiger partial charge in [0.1, 0.15) is 23.7 Å². The van der Waals surface area contributed by atoms with E-state index in [4.69, 9.17) is 0 Å². The molecule has 0 radical (unpaired) electrons. The molecule has 2 saturated heterocycles. The number of carbonyl (C=O) groups excluding carboxylic acids is 3. The number of nitrogens with zero attached hydrogens (tertiary/aromatic N) is 4. The Kier molecular flexibility index (Phi) is 5.55. The number of halogens is 3. The highest BCUT2D eigenvalue weighted by Crippen LogP contribution is 2.70. The number of anilines is 2. The van der Waals surface area contributed by atoms with Gasteiger partial charge in [0, 0.05) is 30.6 Å². The second-order valence-electron chi connectivity index (χ2n) is 12.7. The molecule has 6 atom stereocenters. The Morgan fingerprint density at radius 1 is 1.05 bits per heavy atom. The lowest BCUT2D eigenvalue weighted by Crippen LogP contribution is -2.60. The predicted molar refractivity (Wildman–Crippen MR) is 151 cm³/mol. The fourth-order valence-corrected chi connectivity index (χ4v) is 8.47. The molecule has 4 fully saturated rings. The van der Waals surface area contributed by atoms with Crippen molar-refractivity contribution >= 4 is 29.2 Å². The highest BCUT2D eigenvalue weighted by atomic mass is 19.3. The minimum atomic E-state index is -2.81. The van der Waals surface area contributed by atoms with E-state index in [1.165, 1.54) is 28.0 Å². The highest BCUT2D eigenvalue weighted by molar-refractivity contribution is 6.10. The van der Waals surface area contributed by atoms with Crippen LogP contribution in [0.25, 0.3) is 0 Å². The van der Waals surface area contributed by atoms with Gasteiger partial charge < -0.3 is 0 Å². The van der Waals surface area contributed by atoms with Crippen molar-refractivity contribution in [3.63, 3.8) is 0 Å². The van der Waals surface area contributed by atoms with Gasteiger partial charge in [-0.05, 0) is 54.3 Å². The van der Waals surface area contributed by atoms with E-state index in [2.05, 4.69) is 4.98 Å². The van der Waals surface area contributed by atoms with E-state index in [9.17, 15) is 27.6 Å². The third-order valence-corrected chi connectivity index (χ3v) is 10.5. The number of amides is 3. The fourth-order valence-electron chi connectivity index (χ4n) is 8.47. The molecule has 2 aromatic carbocycles. The second-order valence-corrected chi connectivity index (χ2v) is 12.7. The molecule has 10 heteroatoms. The molecule has 0 spiro atoms. The Labute approximate surface area is 246 Å². The summed E-state index contributed by atoms with van der Waals surface area (Å²) in [6.07, 6.45) is 1.94. The Morgan fingerprint density at radius 3 is 2.51 bits per heavy atom. The summed E-state index contributed by atoms with van der Waals surface area (Å²) >= 11 is 0. The topological polar surface area (TPSA) is 70.6 Å². The zero-order chi connectivity index (χ0) is 29.8. The van der Waals surface area contributed by atoms with Crippen LogP contribution in [0.15, 0.2) is 66.9 Å². The predicted octanol–water partition coefficient (Wildman–Crippen LogP) is 5.19. The number of aromatic nitrogens is 1. The Bertz CT molecular complexity index is 1690. The summed E-state index contributed by atoms with van der Waals surface area (Å²) in [7, 11) is 0. The summed E-state index contributed by atoms with van der Waals surface area (Å²) in [5.41, 5.74) is 2.64. The molecule has 0 N–H and O–H groups in total. The molecule has 7 nitrogen and oxygen atoms in total.